The molecule has 20 heavy (non-hydrogen) atoms. The number of carbonyl (C=O) groups excluding carboxylic acids is 1. The Morgan fingerprint density at radius 1 is 1.30 bits per heavy atom. The molecule has 1 aliphatic carbocycles. The zero-order valence-electron chi connectivity index (χ0n) is 13.0. The van der Waals surface area contributed by atoms with E-state index in [1.165, 1.54) is 0 Å². The number of hydrogen-bond donors (Lipinski definition) is 0. The molecule has 1 heterocycles. The van der Waals surface area contributed by atoms with Crippen LogP contribution in [0.15, 0.2) is 9.98 Å². The van der Waals surface area contributed by atoms with E-state index in [2.05, 4.69) is 30.8 Å². The Kier molecular flexibility index (Phi) is 4.16. The van der Waals surface area contributed by atoms with Gasteiger partial charge in [-0.1, -0.05) is 20.8 Å². The van der Waals surface area contributed by atoms with Gasteiger partial charge in [-0.2, -0.15) is 0 Å². The lowest BCUT2D eigenvalue weighted by molar-refractivity contribution is -0.125. The van der Waals surface area contributed by atoms with Crippen LogP contribution in [0.3, 0.4) is 0 Å². The van der Waals surface area contributed by atoms with Crippen LogP contribution in [0.2, 0.25) is 0 Å². The lowest BCUT2D eigenvalue weighted by Crippen LogP contribution is -2.54. The Balaban J connectivity index is 2.44. The number of carbonyl (C=O) groups is 1. The second-order valence-corrected chi connectivity index (χ2v) is 6.11. The predicted octanol–water partition coefficient (Wildman–Crippen LogP) is 2.24. The van der Waals surface area contributed by atoms with E-state index >= 15 is 0 Å². The van der Waals surface area contributed by atoms with Crippen molar-refractivity contribution < 1.29 is 14.3 Å². The fourth-order valence-corrected chi connectivity index (χ4v) is 2.94. The number of ether oxygens (including phenoxy) is 2. The van der Waals surface area contributed by atoms with E-state index in [-0.39, 0.29) is 17.7 Å². The fraction of sp³-hybridized carbons (Fsp3) is 0.800. The molecule has 0 saturated heterocycles. The first kappa shape index (κ1) is 15.0. The van der Waals surface area contributed by atoms with Crippen molar-refractivity contribution in [2.75, 3.05) is 14.2 Å². The highest BCUT2D eigenvalue weighted by molar-refractivity contribution is 6.14. The van der Waals surface area contributed by atoms with Gasteiger partial charge in [-0.3, -0.25) is 4.79 Å². The molecule has 0 unspecified atom stereocenters. The Morgan fingerprint density at radius 2 is 2.00 bits per heavy atom. The lowest BCUT2D eigenvalue weighted by atomic mass is 9.75. The van der Waals surface area contributed by atoms with Gasteiger partial charge in [-0.05, 0) is 24.7 Å². The van der Waals surface area contributed by atoms with Crippen LogP contribution >= 0.6 is 0 Å². The van der Waals surface area contributed by atoms with E-state index in [4.69, 9.17) is 9.47 Å². The van der Waals surface area contributed by atoms with Crippen molar-refractivity contribution in [3.63, 3.8) is 0 Å². The first-order chi connectivity index (χ1) is 9.44. The second-order valence-electron chi connectivity index (χ2n) is 6.11. The van der Waals surface area contributed by atoms with Crippen LogP contribution in [-0.2, 0) is 14.3 Å². The Labute approximate surface area is 120 Å². The largest absolute Gasteiger partial charge is 0.483 e. The Morgan fingerprint density at radius 3 is 2.50 bits per heavy atom. The van der Waals surface area contributed by atoms with E-state index in [9.17, 15) is 4.79 Å². The highest BCUT2D eigenvalue weighted by atomic mass is 16.5. The molecule has 1 fully saturated rings. The molecular formula is C15H24N2O3. The van der Waals surface area contributed by atoms with Crippen molar-refractivity contribution in [1.82, 2.24) is 0 Å². The summed E-state index contributed by atoms with van der Waals surface area (Å²) in [6.45, 7) is 6.20. The van der Waals surface area contributed by atoms with Crippen molar-refractivity contribution in [1.29, 1.82) is 0 Å². The summed E-state index contributed by atoms with van der Waals surface area (Å²) < 4.78 is 10.8. The van der Waals surface area contributed by atoms with Crippen molar-refractivity contribution in [3.8, 4) is 0 Å². The number of hydrogen-bond acceptors (Lipinski definition) is 5. The van der Waals surface area contributed by atoms with E-state index in [0.717, 1.165) is 6.42 Å². The number of aliphatic imine (C=N–C) groups is 2. The minimum Gasteiger partial charge on any atom is -0.483 e. The van der Waals surface area contributed by atoms with Crippen molar-refractivity contribution in [3.05, 3.63) is 0 Å². The van der Waals surface area contributed by atoms with Crippen molar-refractivity contribution >= 4 is 17.6 Å². The number of ketones is 1. The van der Waals surface area contributed by atoms with Gasteiger partial charge < -0.3 is 9.47 Å². The van der Waals surface area contributed by atoms with Crippen molar-refractivity contribution in [2.24, 2.45) is 21.8 Å². The molecule has 1 saturated carbocycles. The molecule has 0 N–H and O–H groups in total. The van der Waals surface area contributed by atoms with Gasteiger partial charge in [0.15, 0.2) is 11.3 Å². The van der Waals surface area contributed by atoms with Gasteiger partial charge in [0.2, 0.25) is 11.8 Å². The van der Waals surface area contributed by atoms with Crippen LogP contribution in [0.1, 0.15) is 40.0 Å². The van der Waals surface area contributed by atoms with E-state index in [0.29, 0.717) is 30.6 Å². The second kappa shape index (κ2) is 5.54. The van der Waals surface area contributed by atoms with Crippen LogP contribution in [0.25, 0.3) is 0 Å². The molecule has 1 aliphatic heterocycles. The van der Waals surface area contributed by atoms with Crippen LogP contribution in [0.5, 0.6) is 0 Å². The summed E-state index contributed by atoms with van der Waals surface area (Å²) in [5, 5.41) is 0. The van der Waals surface area contributed by atoms with Crippen LogP contribution in [0, 0.1) is 11.8 Å². The van der Waals surface area contributed by atoms with Gasteiger partial charge in [0.25, 0.3) is 0 Å². The molecule has 2 aliphatic rings. The SMILES string of the molecule is COC1=N[C@]2(CC[C@@H](C)CC2=O)C(OC)=N[C@@H]1C(C)C. The molecule has 0 aromatic heterocycles. The highest BCUT2D eigenvalue weighted by Crippen LogP contribution is 2.37. The summed E-state index contributed by atoms with van der Waals surface area (Å²) in [6.07, 6.45) is 2.12. The first-order valence-electron chi connectivity index (χ1n) is 7.24. The van der Waals surface area contributed by atoms with Crippen LogP contribution < -0.4 is 0 Å². The summed E-state index contributed by atoms with van der Waals surface area (Å²) in [7, 11) is 3.15. The molecule has 112 valence electrons. The average Bonchev–Trinajstić information content (AvgIpc) is 2.42. The summed E-state index contributed by atoms with van der Waals surface area (Å²) in [4.78, 5) is 21.8. The Hall–Kier alpha value is -1.39. The highest BCUT2D eigenvalue weighted by Gasteiger charge is 2.51. The van der Waals surface area contributed by atoms with Crippen LogP contribution in [0.4, 0.5) is 0 Å². The van der Waals surface area contributed by atoms with Gasteiger partial charge in [0.05, 0.1) is 14.2 Å². The third-order valence-electron chi connectivity index (χ3n) is 4.19. The van der Waals surface area contributed by atoms with Crippen molar-refractivity contribution in [2.45, 2.75) is 51.6 Å². The maximum Gasteiger partial charge on any atom is 0.220 e. The molecular weight excluding hydrogens is 256 g/mol. The summed E-state index contributed by atoms with van der Waals surface area (Å²) in [5.74, 6) is 1.73. The smallest absolute Gasteiger partial charge is 0.220 e. The van der Waals surface area contributed by atoms with Crippen LogP contribution in [-0.4, -0.2) is 43.4 Å². The van der Waals surface area contributed by atoms with Gasteiger partial charge in [0, 0.05) is 6.42 Å². The predicted molar refractivity (Wildman–Crippen MR) is 78.3 cm³/mol. The third-order valence-corrected chi connectivity index (χ3v) is 4.19. The maximum absolute atomic E-state index is 12.6. The summed E-state index contributed by atoms with van der Waals surface area (Å²) >= 11 is 0. The number of rotatable bonds is 1. The molecule has 0 bridgehead atoms. The molecule has 0 radical (unpaired) electrons. The monoisotopic (exact) mass is 280 g/mol. The van der Waals surface area contributed by atoms with E-state index in [1.54, 1.807) is 14.2 Å². The van der Waals surface area contributed by atoms with E-state index in [1.807, 2.05) is 0 Å². The lowest BCUT2D eigenvalue weighted by Gasteiger charge is -2.38. The maximum atomic E-state index is 12.6. The Bertz CT molecular complexity index is 456. The number of nitrogens with zero attached hydrogens (tertiary/aromatic N) is 2. The quantitative estimate of drug-likeness (QED) is 0.740. The molecule has 5 nitrogen and oxygen atoms in total. The summed E-state index contributed by atoms with van der Waals surface area (Å²) in [5.41, 5.74) is -0.946. The molecule has 3 atom stereocenters. The molecule has 1 spiro atoms. The average molecular weight is 280 g/mol. The van der Waals surface area contributed by atoms with Gasteiger partial charge in [-0.25, -0.2) is 9.98 Å². The third kappa shape index (κ3) is 2.34. The van der Waals surface area contributed by atoms with E-state index < -0.39 is 5.54 Å². The minimum absolute atomic E-state index is 0.0913. The topological polar surface area (TPSA) is 60.2 Å². The molecule has 0 aromatic rings. The molecule has 0 aromatic carbocycles. The fourth-order valence-electron chi connectivity index (χ4n) is 2.94. The zero-order chi connectivity index (χ0) is 14.9. The standard InChI is InChI=1S/C15H24N2O3/c1-9(2)12-13(19-4)17-15(14(16-12)20-5)7-6-10(3)8-11(15)18/h9-10,12H,6-8H2,1-5H3/t10-,12-,15+/m1/s1. The van der Waals surface area contributed by atoms with Gasteiger partial charge in [-0.15, -0.1) is 0 Å². The minimum atomic E-state index is -0.946. The molecule has 5 heteroatoms. The van der Waals surface area contributed by atoms with Gasteiger partial charge in [0.1, 0.15) is 6.04 Å². The molecule has 2 rings (SSSR count). The number of Topliss-reactive ketones (excluding diaryl/α,β-unsaturated/α-hetero) is 1. The first-order valence-corrected chi connectivity index (χ1v) is 7.24. The van der Waals surface area contributed by atoms with Gasteiger partial charge >= 0.3 is 0 Å². The normalized spacial score (nSPS) is 34.0. The summed E-state index contributed by atoms with van der Waals surface area (Å²) in [6, 6.07) is -0.173. The number of methoxy groups -OCH3 is 2. The molecule has 0 amide bonds. The zero-order valence-corrected chi connectivity index (χ0v) is 13.0.